The molecule has 1 aromatic carbocycles. The molecule has 1 saturated heterocycles. The highest BCUT2D eigenvalue weighted by Crippen LogP contribution is 2.32. The van der Waals surface area contributed by atoms with Crippen LogP contribution in [0.15, 0.2) is 18.2 Å². The first kappa shape index (κ1) is 27.5. The Morgan fingerprint density at radius 2 is 1.69 bits per heavy atom. The topological polar surface area (TPSA) is 105 Å². The third kappa shape index (κ3) is 6.39. The number of Topliss-reactive ketones (excluding diaryl/α,β-unsaturated/α-hetero) is 1. The second kappa shape index (κ2) is 12.4. The number of rotatable bonds is 2. The highest BCUT2D eigenvalue weighted by molar-refractivity contribution is 5.92. The predicted molar refractivity (Wildman–Crippen MR) is 144 cm³/mol. The lowest BCUT2D eigenvalue weighted by Crippen LogP contribution is -2.55. The molecule has 3 amide bonds. The van der Waals surface area contributed by atoms with E-state index in [2.05, 4.69) is 17.4 Å². The van der Waals surface area contributed by atoms with Gasteiger partial charge in [-0.3, -0.25) is 14.5 Å². The molecule has 0 spiro atoms. The van der Waals surface area contributed by atoms with Crippen LogP contribution >= 0.6 is 0 Å². The van der Waals surface area contributed by atoms with Crippen molar-refractivity contribution in [3.8, 4) is 0 Å². The van der Waals surface area contributed by atoms with E-state index in [0.29, 0.717) is 19.7 Å². The van der Waals surface area contributed by atoms with Crippen molar-refractivity contribution in [1.29, 1.82) is 0 Å². The molecule has 2 fully saturated rings. The predicted octanol–water partition coefficient (Wildman–Crippen LogP) is 4.49. The van der Waals surface area contributed by atoms with Crippen molar-refractivity contribution >= 4 is 23.9 Å². The van der Waals surface area contributed by atoms with Gasteiger partial charge >= 0.3 is 12.2 Å². The Balaban J connectivity index is 1.37. The summed E-state index contributed by atoms with van der Waals surface area (Å²) in [7, 11) is 0. The number of ketones is 1. The number of amides is 3. The smallest absolute Gasteiger partial charge is 0.410 e. The van der Waals surface area contributed by atoms with E-state index in [-0.39, 0.29) is 30.6 Å². The van der Waals surface area contributed by atoms with E-state index in [9.17, 15) is 19.2 Å². The first-order valence-corrected chi connectivity index (χ1v) is 14.7. The Kier molecular flexibility index (Phi) is 8.72. The van der Waals surface area contributed by atoms with Gasteiger partial charge in [0, 0.05) is 19.5 Å². The molecular formula is C30H41N3O6. The van der Waals surface area contributed by atoms with Crippen LogP contribution in [0.3, 0.4) is 0 Å². The zero-order valence-corrected chi connectivity index (χ0v) is 23.0. The molecule has 0 radical (unpaired) electrons. The third-order valence-corrected chi connectivity index (χ3v) is 8.86. The van der Waals surface area contributed by atoms with Crippen LogP contribution in [0, 0.1) is 5.92 Å². The minimum Gasteiger partial charge on any atom is -0.450 e. The zero-order chi connectivity index (χ0) is 27.4. The summed E-state index contributed by atoms with van der Waals surface area (Å²) in [5, 5.41) is 2.86. The molecule has 5 rings (SSSR count). The number of nitrogens with one attached hydrogen (secondary N) is 1. The number of carbonyl (C=O) groups excluding carboxylic acids is 4. The van der Waals surface area contributed by atoms with E-state index in [4.69, 9.17) is 9.47 Å². The van der Waals surface area contributed by atoms with Gasteiger partial charge in [-0.2, -0.15) is 0 Å². The van der Waals surface area contributed by atoms with Gasteiger partial charge < -0.3 is 19.7 Å². The van der Waals surface area contributed by atoms with Gasteiger partial charge in [-0.25, -0.2) is 9.59 Å². The van der Waals surface area contributed by atoms with E-state index >= 15 is 0 Å². The molecule has 3 atom stereocenters. The van der Waals surface area contributed by atoms with Crippen molar-refractivity contribution in [1.82, 2.24) is 15.1 Å². The first-order chi connectivity index (χ1) is 18.9. The lowest BCUT2D eigenvalue weighted by Gasteiger charge is -2.34. The van der Waals surface area contributed by atoms with Crippen LogP contribution in [-0.4, -0.2) is 65.0 Å². The van der Waals surface area contributed by atoms with E-state index in [1.807, 2.05) is 6.07 Å². The standard InChI is InChI=1S/C30H41N3O6/c1-20(34)26-16-24-18-33(26)28(35)27(22-11-6-4-7-12-22)31-29(36)38-15-8-3-2-5-10-21-13-9-14-23-17-32(19-25(21)23)30(37)39-24/h9,13-14,22,24,26-27H,2-8,10-12,15-19H2,1H3,(H,31,36)/t24-,26+,27+/m1/s1. The molecule has 9 heteroatoms. The molecule has 4 aliphatic rings. The molecule has 0 aromatic heterocycles. The maximum Gasteiger partial charge on any atom is 0.410 e. The van der Waals surface area contributed by atoms with Crippen LogP contribution < -0.4 is 5.32 Å². The van der Waals surface area contributed by atoms with Crippen LogP contribution in [0.1, 0.15) is 87.8 Å². The lowest BCUT2D eigenvalue weighted by atomic mass is 9.83. The first-order valence-electron chi connectivity index (χ1n) is 14.7. The van der Waals surface area contributed by atoms with Crippen LogP contribution in [-0.2, 0) is 38.6 Å². The summed E-state index contributed by atoms with van der Waals surface area (Å²) in [6.07, 6.45) is 8.17. The second-order valence-electron chi connectivity index (χ2n) is 11.6. The van der Waals surface area contributed by atoms with E-state index < -0.39 is 30.4 Å². The van der Waals surface area contributed by atoms with E-state index in [1.165, 1.54) is 23.0 Å². The second-order valence-corrected chi connectivity index (χ2v) is 11.6. The number of nitrogens with zero attached hydrogens (tertiary/aromatic N) is 2. The summed E-state index contributed by atoms with van der Waals surface area (Å²) in [5.74, 6) is -0.447. The Bertz CT molecular complexity index is 1080. The largest absolute Gasteiger partial charge is 0.450 e. The molecule has 1 saturated carbocycles. The van der Waals surface area contributed by atoms with Gasteiger partial charge in [0.1, 0.15) is 12.1 Å². The molecule has 4 bridgehead atoms. The molecule has 3 heterocycles. The maximum atomic E-state index is 13.9. The molecule has 0 unspecified atom stereocenters. The molecule has 9 nitrogen and oxygen atoms in total. The fourth-order valence-corrected chi connectivity index (χ4v) is 6.72. The highest BCUT2D eigenvalue weighted by atomic mass is 16.6. The Morgan fingerprint density at radius 1 is 0.949 bits per heavy atom. The number of ether oxygens (including phenoxy) is 2. The summed E-state index contributed by atoms with van der Waals surface area (Å²) in [5.41, 5.74) is 3.60. The van der Waals surface area contributed by atoms with Gasteiger partial charge in [-0.15, -0.1) is 0 Å². The molecule has 1 aliphatic carbocycles. The number of aryl methyl sites for hydroxylation is 1. The maximum absolute atomic E-state index is 13.9. The quantitative estimate of drug-likeness (QED) is 0.594. The fourth-order valence-electron chi connectivity index (χ4n) is 6.72. The molecule has 39 heavy (non-hydrogen) atoms. The number of hydrogen-bond donors (Lipinski definition) is 1. The van der Waals surface area contributed by atoms with Crippen molar-refractivity contribution in [2.24, 2.45) is 5.92 Å². The van der Waals surface area contributed by atoms with E-state index in [1.54, 1.807) is 4.90 Å². The Morgan fingerprint density at radius 3 is 2.49 bits per heavy atom. The minimum atomic E-state index is -0.758. The van der Waals surface area contributed by atoms with Crippen LogP contribution in [0.4, 0.5) is 9.59 Å². The van der Waals surface area contributed by atoms with Crippen LogP contribution in [0.25, 0.3) is 0 Å². The molecule has 212 valence electrons. The van der Waals surface area contributed by atoms with Gasteiger partial charge in [0.2, 0.25) is 5.91 Å². The summed E-state index contributed by atoms with van der Waals surface area (Å²) in [6.45, 7) is 2.93. The summed E-state index contributed by atoms with van der Waals surface area (Å²) >= 11 is 0. The van der Waals surface area contributed by atoms with Crippen molar-refractivity contribution < 1.29 is 28.7 Å². The van der Waals surface area contributed by atoms with Crippen LogP contribution in [0.2, 0.25) is 0 Å². The summed E-state index contributed by atoms with van der Waals surface area (Å²) in [4.78, 5) is 55.7. The van der Waals surface area contributed by atoms with Gasteiger partial charge in [-0.1, -0.05) is 50.3 Å². The van der Waals surface area contributed by atoms with Gasteiger partial charge in [0.25, 0.3) is 0 Å². The average molecular weight is 540 g/mol. The van der Waals surface area contributed by atoms with Gasteiger partial charge in [-0.05, 0) is 61.6 Å². The van der Waals surface area contributed by atoms with Crippen molar-refractivity contribution in [3.63, 3.8) is 0 Å². The number of hydrogen-bond acceptors (Lipinski definition) is 6. The zero-order valence-electron chi connectivity index (χ0n) is 23.0. The van der Waals surface area contributed by atoms with Crippen molar-refractivity contribution in [2.75, 3.05) is 13.2 Å². The number of carbonyl (C=O) groups is 4. The number of alkyl carbamates (subject to hydrolysis) is 1. The third-order valence-electron chi connectivity index (χ3n) is 8.86. The number of benzene rings is 1. The van der Waals surface area contributed by atoms with Gasteiger partial charge in [0.05, 0.1) is 19.2 Å². The summed E-state index contributed by atoms with van der Waals surface area (Å²) < 4.78 is 11.4. The Labute approximate surface area is 230 Å². The van der Waals surface area contributed by atoms with E-state index in [0.717, 1.165) is 69.8 Å². The number of fused-ring (bicyclic) bond motifs is 3. The Hall–Kier alpha value is -3.10. The van der Waals surface area contributed by atoms with Crippen molar-refractivity contribution in [2.45, 2.75) is 109 Å². The number of cyclic esters (lactones) is 1. The minimum absolute atomic E-state index is 0.0110. The molecular weight excluding hydrogens is 498 g/mol. The molecule has 1 aromatic rings. The fraction of sp³-hybridized carbons (Fsp3) is 0.667. The normalized spacial score (nSPS) is 27.5. The summed E-state index contributed by atoms with van der Waals surface area (Å²) in [6, 6.07) is 4.80. The monoisotopic (exact) mass is 539 g/mol. The molecule has 1 N–H and O–H groups in total. The van der Waals surface area contributed by atoms with Gasteiger partial charge in [0.15, 0.2) is 5.78 Å². The van der Waals surface area contributed by atoms with Crippen LogP contribution in [0.5, 0.6) is 0 Å². The van der Waals surface area contributed by atoms with Crippen molar-refractivity contribution in [3.05, 3.63) is 34.9 Å². The lowest BCUT2D eigenvalue weighted by molar-refractivity contribution is -0.140. The molecule has 3 aliphatic heterocycles. The SMILES string of the molecule is CC(=O)[C@@H]1C[C@@H]2CN1C(=O)[C@H](C1CCCCC1)NC(=O)OCCCCCCc1cccc3c1CN(C3)C(=O)O2. The highest BCUT2D eigenvalue weighted by Gasteiger charge is 2.44. The average Bonchev–Trinajstić information content (AvgIpc) is 3.56.